The molecule has 0 saturated carbocycles. The quantitative estimate of drug-likeness (QED) is 0.203. The highest BCUT2D eigenvalue weighted by molar-refractivity contribution is 6.22. The maximum atomic E-state index is 9.42. The zero-order valence-electron chi connectivity index (χ0n) is 39.0. The van der Waals surface area contributed by atoms with Crippen molar-refractivity contribution in [2.45, 2.75) is 0 Å². The molecule has 0 amide bonds. The number of hydrogen-bond donors (Lipinski definition) is 0. The molecule has 192 valence electrons. The zero-order valence-corrected chi connectivity index (χ0v) is 21.0. The smallest absolute Gasteiger partial charge is 0.146 e. The van der Waals surface area contributed by atoms with Crippen LogP contribution in [0.4, 0.5) is 0 Å². The molecular weight excluding hydrogens is 496 g/mol. The maximum absolute atomic E-state index is 9.42. The Labute approximate surface area is 264 Å². The van der Waals surface area contributed by atoms with E-state index < -0.39 is 114 Å². The van der Waals surface area contributed by atoms with Gasteiger partial charge in [0, 0.05) is 11.3 Å². The van der Waals surface area contributed by atoms with Crippen LogP contribution in [0.1, 0.15) is 24.7 Å². The number of rotatable bonds is 4. The fourth-order valence-corrected chi connectivity index (χ4v) is 5.20. The summed E-state index contributed by atoms with van der Waals surface area (Å²) < 4.78 is 160. The molecule has 0 unspecified atom stereocenters. The first-order valence-electron chi connectivity index (χ1n) is 21.5. The second kappa shape index (κ2) is 9.62. The summed E-state index contributed by atoms with van der Waals surface area (Å²) in [6.07, 6.45) is 0. The number of hydrogen-bond acceptors (Lipinski definition) is 1. The van der Waals surface area contributed by atoms with Crippen molar-refractivity contribution in [2.24, 2.45) is 0 Å². The SMILES string of the molecule is [2H]c1c([2H])c([2H])c(-c2ccccc2-c2c3c([2H])c([2H])c([2H])c([2H])c3c(-c3nc4ccccc4n3-c3c([2H])c([2H])c([2H])c([2H])c3[2H])c3c([2H])c([2H])c([2H])c([2H])c23)c([2H])c1[2H]. The Bertz CT molecular complexity index is 3070. The topological polar surface area (TPSA) is 17.8 Å². The largest absolute Gasteiger partial charge is 0.292 e. The van der Waals surface area contributed by atoms with Gasteiger partial charge in [-0.2, -0.15) is 0 Å². The Balaban J connectivity index is 1.71. The molecule has 7 aromatic carbocycles. The lowest BCUT2D eigenvalue weighted by atomic mass is 9.85. The molecule has 2 heteroatoms. The molecule has 1 aromatic heterocycles. The summed E-state index contributed by atoms with van der Waals surface area (Å²) in [4.78, 5) is 4.80. The Kier molecular flexibility index (Phi) is 2.71. The molecule has 0 radical (unpaired) electrons. The van der Waals surface area contributed by atoms with Crippen molar-refractivity contribution in [3.63, 3.8) is 0 Å². The standard InChI is InChI=1S/C39H26N2/c1-3-15-27(16-4-1)29-19-7-8-20-30(29)37-31-21-9-11-23-33(31)38(34-24-12-10-22-32(34)37)39-40-35-25-13-14-26-36(35)41(39)28-17-5-2-6-18-28/h1-26H/i1D,2D,3D,4D,5D,6D,9D,10D,11D,12D,15D,16D,17D,18D,21D,22D,23D,24D. The molecule has 41 heavy (non-hydrogen) atoms. The molecular formula is C39H26N2. The molecule has 8 aromatic rings. The normalized spacial score (nSPS) is 17.6. The fourth-order valence-electron chi connectivity index (χ4n) is 5.20. The van der Waals surface area contributed by atoms with Crippen LogP contribution < -0.4 is 0 Å². The van der Waals surface area contributed by atoms with Crippen molar-refractivity contribution in [2.75, 3.05) is 0 Å². The highest BCUT2D eigenvalue weighted by Gasteiger charge is 2.22. The van der Waals surface area contributed by atoms with E-state index in [-0.39, 0.29) is 66.2 Å². The number of aromatic nitrogens is 2. The number of nitrogens with zero attached hydrogens (tertiary/aromatic N) is 2. The minimum atomic E-state index is -0.737. The van der Waals surface area contributed by atoms with Crippen LogP contribution in [0.5, 0.6) is 0 Å². The summed E-state index contributed by atoms with van der Waals surface area (Å²) in [6, 6.07) is 0.141. The number of imidazole rings is 1. The van der Waals surface area contributed by atoms with E-state index in [1.807, 2.05) is 0 Å². The lowest BCUT2D eigenvalue weighted by Crippen LogP contribution is -1.99. The fraction of sp³-hybridized carbons (Fsp3) is 0. The van der Waals surface area contributed by atoms with Crippen LogP contribution in [0.15, 0.2) is 157 Å². The Morgan fingerprint density at radius 1 is 0.488 bits per heavy atom. The summed E-state index contributed by atoms with van der Waals surface area (Å²) in [5, 5.41) is -1.21. The Hall–Kier alpha value is -5.47. The molecule has 0 aliphatic rings. The molecule has 0 fully saturated rings. The van der Waals surface area contributed by atoms with E-state index >= 15 is 0 Å². The average Bonchev–Trinajstić information content (AvgIpc) is 3.61. The minimum absolute atomic E-state index is 0.00163. The first-order chi connectivity index (χ1) is 27.8. The third-order valence-electron chi connectivity index (χ3n) is 6.84. The summed E-state index contributed by atoms with van der Waals surface area (Å²) in [7, 11) is 0. The summed E-state index contributed by atoms with van der Waals surface area (Å²) >= 11 is 0. The van der Waals surface area contributed by atoms with Gasteiger partial charge in [-0.05, 0) is 68.0 Å². The Morgan fingerprint density at radius 2 is 1.00 bits per heavy atom. The van der Waals surface area contributed by atoms with Crippen molar-refractivity contribution < 1.29 is 24.7 Å². The summed E-state index contributed by atoms with van der Waals surface area (Å²) in [5.41, 5.74) is -0.730. The van der Waals surface area contributed by atoms with Crippen LogP contribution in [-0.2, 0) is 0 Å². The van der Waals surface area contributed by atoms with E-state index in [1.54, 1.807) is 24.3 Å². The van der Waals surface area contributed by atoms with Gasteiger partial charge in [0.25, 0.3) is 0 Å². The lowest BCUT2D eigenvalue weighted by molar-refractivity contribution is 1.11. The molecule has 0 aliphatic carbocycles. The van der Waals surface area contributed by atoms with Crippen molar-refractivity contribution >= 4 is 32.6 Å². The second-order valence-corrected chi connectivity index (χ2v) is 9.03. The first-order valence-corrected chi connectivity index (χ1v) is 12.5. The van der Waals surface area contributed by atoms with E-state index in [0.717, 1.165) is 0 Å². The van der Waals surface area contributed by atoms with E-state index in [0.29, 0.717) is 0 Å². The van der Waals surface area contributed by atoms with Crippen molar-refractivity contribution in [3.8, 4) is 39.3 Å². The minimum Gasteiger partial charge on any atom is -0.292 e. The van der Waals surface area contributed by atoms with Gasteiger partial charge in [-0.3, -0.25) is 4.57 Å². The predicted octanol–water partition coefficient (Wildman–Crippen LogP) is 10.3. The van der Waals surface area contributed by atoms with Gasteiger partial charge >= 0.3 is 0 Å². The molecule has 2 nitrogen and oxygen atoms in total. The Morgan fingerprint density at radius 3 is 1.66 bits per heavy atom. The molecule has 0 aliphatic heterocycles. The number of benzene rings is 7. The molecule has 1 heterocycles. The van der Waals surface area contributed by atoms with Gasteiger partial charge in [-0.1, -0.05) is 133 Å². The van der Waals surface area contributed by atoms with Crippen LogP contribution in [0.25, 0.3) is 71.9 Å². The molecule has 8 rings (SSSR count). The molecule has 0 bridgehead atoms. The van der Waals surface area contributed by atoms with Crippen LogP contribution in [0.2, 0.25) is 0 Å². The van der Waals surface area contributed by atoms with Crippen LogP contribution in [0, 0.1) is 0 Å². The van der Waals surface area contributed by atoms with Gasteiger partial charge in [0.2, 0.25) is 0 Å². The van der Waals surface area contributed by atoms with Gasteiger partial charge in [-0.15, -0.1) is 0 Å². The predicted molar refractivity (Wildman–Crippen MR) is 172 cm³/mol. The average molecular weight is 541 g/mol. The van der Waals surface area contributed by atoms with E-state index in [1.165, 1.54) is 28.8 Å². The van der Waals surface area contributed by atoms with Gasteiger partial charge in [0.15, 0.2) is 0 Å². The molecule has 0 N–H and O–H groups in total. The van der Waals surface area contributed by atoms with E-state index in [2.05, 4.69) is 0 Å². The van der Waals surface area contributed by atoms with Gasteiger partial charge < -0.3 is 0 Å². The molecule has 0 atom stereocenters. The summed E-state index contributed by atoms with van der Waals surface area (Å²) in [6.45, 7) is 0. The van der Waals surface area contributed by atoms with Crippen LogP contribution >= 0.6 is 0 Å². The summed E-state index contributed by atoms with van der Waals surface area (Å²) in [5.74, 6) is -0.278. The monoisotopic (exact) mass is 540 g/mol. The zero-order chi connectivity index (χ0) is 42.8. The number of fused-ring (bicyclic) bond motifs is 3. The lowest BCUT2D eigenvalue weighted by Gasteiger charge is -2.20. The molecule has 0 saturated heterocycles. The first kappa shape index (κ1) is 11.6. The third-order valence-corrected chi connectivity index (χ3v) is 6.84. The van der Waals surface area contributed by atoms with Crippen molar-refractivity contribution in [3.05, 3.63) is 157 Å². The molecule has 0 spiro atoms. The van der Waals surface area contributed by atoms with Crippen molar-refractivity contribution in [1.82, 2.24) is 9.55 Å². The highest BCUT2D eigenvalue weighted by Crippen LogP contribution is 2.46. The van der Waals surface area contributed by atoms with Gasteiger partial charge in [0.1, 0.15) is 5.82 Å². The van der Waals surface area contributed by atoms with Gasteiger partial charge in [0.05, 0.1) is 35.7 Å². The number of para-hydroxylation sites is 3. The van der Waals surface area contributed by atoms with E-state index in [4.69, 9.17) is 24.2 Å². The van der Waals surface area contributed by atoms with Crippen LogP contribution in [-0.4, -0.2) is 9.55 Å². The van der Waals surface area contributed by atoms with Crippen LogP contribution in [0.3, 0.4) is 0 Å². The maximum Gasteiger partial charge on any atom is 0.146 e. The third kappa shape index (κ3) is 3.76. The van der Waals surface area contributed by atoms with E-state index in [9.17, 15) is 5.48 Å². The highest BCUT2D eigenvalue weighted by atomic mass is 15.1. The van der Waals surface area contributed by atoms with Gasteiger partial charge in [-0.25, -0.2) is 4.98 Å². The van der Waals surface area contributed by atoms with Crippen molar-refractivity contribution in [1.29, 1.82) is 0 Å². The second-order valence-electron chi connectivity index (χ2n) is 9.03.